The smallest absolute Gasteiger partial charge is 0.360 e. The summed E-state index contributed by atoms with van der Waals surface area (Å²) in [6.45, 7) is 10.1. The van der Waals surface area contributed by atoms with Crippen LogP contribution in [0.5, 0.6) is 11.5 Å². The molecule has 336 valence electrons. The molecule has 0 aliphatic carbocycles. The average molecular weight is 867 g/mol. The number of methoxy groups -OCH3 is 2. The highest BCUT2D eigenvalue weighted by molar-refractivity contribution is 5.94. The molecular weight excluding hydrogens is 812 g/mol. The van der Waals surface area contributed by atoms with Crippen molar-refractivity contribution in [3.8, 4) is 11.5 Å². The third-order valence-corrected chi connectivity index (χ3v) is 11.1. The predicted octanol–water partition coefficient (Wildman–Crippen LogP) is 3.71. The summed E-state index contributed by atoms with van der Waals surface area (Å²) in [6.07, 6.45) is -5.31. The Morgan fingerprint density at radius 1 is 0.645 bits per heavy atom. The van der Waals surface area contributed by atoms with Gasteiger partial charge in [-0.25, -0.2) is 9.59 Å². The lowest BCUT2D eigenvalue weighted by Crippen LogP contribution is -2.63. The van der Waals surface area contributed by atoms with Crippen LogP contribution in [-0.4, -0.2) is 107 Å². The molecule has 6 N–H and O–H groups in total. The van der Waals surface area contributed by atoms with Gasteiger partial charge in [0.25, 0.3) is 0 Å². The maximum atomic E-state index is 12.9. The predicted molar refractivity (Wildman–Crippen MR) is 224 cm³/mol. The molecule has 2 aliphatic rings. The van der Waals surface area contributed by atoms with E-state index >= 15 is 0 Å². The molecule has 4 aromatic rings. The summed E-state index contributed by atoms with van der Waals surface area (Å²) in [4.78, 5) is 51.2. The number of rotatable bonds is 14. The Hall–Kier alpha value is -5.18. The van der Waals surface area contributed by atoms with Crippen LogP contribution in [-0.2, 0) is 28.5 Å². The third kappa shape index (κ3) is 9.72. The molecule has 6 rings (SSSR count). The van der Waals surface area contributed by atoms with Crippen molar-refractivity contribution >= 4 is 45.1 Å². The van der Waals surface area contributed by atoms with Crippen molar-refractivity contribution in [2.45, 2.75) is 128 Å². The number of carbonyl (C=O) groups is 2. The molecule has 18 nitrogen and oxygen atoms in total. The molecule has 0 bridgehead atoms. The first kappa shape index (κ1) is 46.3. The van der Waals surface area contributed by atoms with Crippen LogP contribution in [0.3, 0.4) is 0 Å². The van der Waals surface area contributed by atoms with Crippen LogP contribution in [0, 0.1) is 13.8 Å². The molecule has 2 aromatic carbocycles. The van der Waals surface area contributed by atoms with Crippen molar-refractivity contribution in [1.29, 1.82) is 0 Å². The number of aryl methyl sites for hydroxylation is 2. The molecule has 62 heavy (non-hydrogen) atoms. The lowest BCUT2D eigenvalue weighted by molar-refractivity contribution is -0.306. The number of hydrogen-bond acceptors (Lipinski definition) is 16. The quantitative estimate of drug-likeness (QED) is 0.0780. The van der Waals surface area contributed by atoms with Gasteiger partial charge in [0.15, 0.2) is 0 Å². The maximum Gasteiger partial charge on any atom is 0.360 e. The Morgan fingerprint density at radius 2 is 1.02 bits per heavy atom. The Balaban J connectivity index is 0.978. The Kier molecular flexibility index (Phi) is 13.9. The minimum Gasteiger partial charge on any atom is -0.462 e. The van der Waals surface area contributed by atoms with E-state index in [0.717, 1.165) is 0 Å². The Bertz CT molecular complexity index is 2270. The molecule has 0 spiro atoms. The number of anilines is 2. The van der Waals surface area contributed by atoms with Crippen LogP contribution in [0.4, 0.5) is 11.4 Å². The van der Waals surface area contributed by atoms with Crippen molar-refractivity contribution in [3.63, 3.8) is 0 Å². The summed E-state index contributed by atoms with van der Waals surface area (Å²) in [5, 5.41) is 48.6. The molecule has 2 aliphatic heterocycles. The SMILES string of the molecule is CO[C@@H]1[C@@H](O)[C@@H](O)[C@H](Oc2ccc3cc(NC(=O)CC/C=C\CCC(=O)Nc4cc5ccc(O[C@@H]6OC(C)(C)[C@H](OC)[C@@H](O)[C@H]6O)c(C)c5oc4=O)c(=O)oc3c2C)OC1(C)C. The van der Waals surface area contributed by atoms with E-state index in [1.165, 1.54) is 26.4 Å². The highest BCUT2D eigenvalue weighted by Crippen LogP contribution is 2.37. The zero-order valence-corrected chi connectivity index (χ0v) is 35.8. The number of ether oxygens (including phenoxy) is 6. The summed E-state index contributed by atoms with van der Waals surface area (Å²) < 4.78 is 45.4. The molecule has 2 saturated heterocycles. The molecule has 18 heteroatoms. The number of hydrogen-bond donors (Lipinski definition) is 6. The van der Waals surface area contributed by atoms with E-state index in [1.54, 1.807) is 78.0 Å². The maximum absolute atomic E-state index is 12.9. The molecule has 2 amide bonds. The van der Waals surface area contributed by atoms with Crippen LogP contribution < -0.4 is 31.4 Å². The first-order valence-electron chi connectivity index (χ1n) is 20.1. The van der Waals surface area contributed by atoms with E-state index in [-0.39, 0.29) is 46.9 Å². The second kappa shape index (κ2) is 18.7. The summed E-state index contributed by atoms with van der Waals surface area (Å²) in [7, 11) is 2.82. The average Bonchev–Trinajstić information content (AvgIpc) is 3.20. The minimum atomic E-state index is -1.42. The second-order valence-corrected chi connectivity index (χ2v) is 16.4. The molecule has 0 radical (unpaired) electrons. The zero-order valence-electron chi connectivity index (χ0n) is 35.8. The van der Waals surface area contributed by atoms with Gasteiger partial charge in [0, 0.05) is 49.0 Å². The molecule has 2 fully saturated rings. The Morgan fingerprint density at radius 3 is 1.37 bits per heavy atom. The van der Waals surface area contributed by atoms with E-state index in [9.17, 15) is 39.6 Å². The van der Waals surface area contributed by atoms with E-state index in [4.69, 9.17) is 37.3 Å². The molecule has 8 atom stereocenters. The number of aliphatic hydroxyl groups excluding tert-OH is 4. The van der Waals surface area contributed by atoms with Crippen LogP contribution in [0.25, 0.3) is 21.9 Å². The van der Waals surface area contributed by atoms with Crippen molar-refractivity contribution in [2.75, 3.05) is 24.9 Å². The van der Waals surface area contributed by atoms with Gasteiger partial charge in [0.1, 0.15) is 70.7 Å². The number of aliphatic hydroxyl groups is 4. The van der Waals surface area contributed by atoms with Gasteiger partial charge in [-0.15, -0.1) is 0 Å². The number of allylic oxidation sites excluding steroid dienone is 2. The van der Waals surface area contributed by atoms with Crippen LogP contribution in [0.1, 0.15) is 64.5 Å². The summed E-state index contributed by atoms with van der Waals surface area (Å²) in [5.41, 5.74) is -2.37. The second-order valence-electron chi connectivity index (χ2n) is 16.4. The topological polar surface area (TPSA) is 255 Å². The fraction of sp³-hybridized carbons (Fsp3) is 0.500. The largest absolute Gasteiger partial charge is 0.462 e. The van der Waals surface area contributed by atoms with Crippen LogP contribution >= 0.6 is 0 Å². The highest BCUT2D eigenvalue weighted by atomic mass is 16.7. The molecule has 4 heterocycles. The standard InChI is InChI=1S/C44H54N2O16/c1-21-27(57-41-33(51)31(49)37(55-7)43(3,4)61-41)17-15-23-19-25(39(53)59-35(21)23)45-29(47)13-11-9-10-12-14-30(48)46-26-20-24-16-18-28(22(2)36(24)60-40(26)54)58-42-34(52)32(50)38(56-8)44(5,6)62-42/h9-10,15-20,31-34,37-38,41-42,49-52H,11-14H2,1-8H3,(H,45,47)(H,46,48)/b10-9-/t31-,32-,33+,34+,37+,38+,41+,42+/m0/s1. The molecule has 0 unspecified atom stereocenters. The van der Waals surface area contributed by atoms with Crippen LogP contribution in [0.15, 0.2) is 67.0 Å². The fourth-order valence-electron chi connectivity index (χ4n) is 7.79. The minimum absolute atomic E-state index is 0.0363. The number of nitrogens with one attached hydrogen (secondary N) is 2. The van der Waals surface area contributed by atoms with Gasteiger partial charge in [0.2, 0.25) is 24.4 Å². The summed E-state index contributed by atoms with van der Waals surface area (Å²) in [6, 6.07) is 9.42. The van der Waals surface area contributed by atoms with E-state index in [1.807, 2.05) is 0 Å². The van der Waals surface area contributed by atoms with Gasteiger partial charge in [0.05, 0.1) is 11.2 Å². The monoisotopic (exact) mass is 866 g/mol. The van der Waals surface area contributed by atoms with Crippen LogP contribution in [0.2, 0.25) is 0 Å². The number of amides is 2. The van der Waals surface area contributed by atoms with E-state index in [0.29, 0.717) is 34.7 Å². The van der Waals surface area contributed by atoms with Crippen molar-refractivity contribution in [3.05, 3.63) is 80.5 Å². The molecule has 2 aromatic heterocycles. The van der Waals surface area contributed by atoms with E-state index in [2.05, 4.69) is 10.6 Å². The lowest BCUT2D eigenvalue weighted by atomic mass is 9.89. The fourth-order valence-corrected chi connectivity index (χ4v) is 7.79. The first-order chi connectivity index (χ1) is 29.3. The van der Waals surface area contributed by atoms with Crippen molar-refractivity contribution in [2.24, 2.45) is 0 Å². The van der Waals surface area contributed by atoms with Gasteiger partial charge < -0.3 is 68.3 Å². The van der Waals surface area contributed by atoms with Gasteiger partial charge in [-0.2, -0.15) is 0 Å². The Labute approximate surface area is 356 Å². The van der Waals surface area contributed by atoms with Crippen molar-refractivity contribution < 1.29 is 67.3 Å². The number of carbonyl (C=O) groups excluding carboxylic acids is 2. The van der Waals surface area contributed by atoms with Gasteiger partial charge in [-0.3, -0.25) is 9.59 Å². The summed E-state index contributed by atoms with van der Waals surface area (Å²) in [5.74, 6) is -0.365. The summed E-state index contributed by atoms with van der Waals surface area (Å²) >= 11 is 0. The number of benzene rings is 2. The lowest BCUT2D eigenvalue weighted by Gasteiger charge is -2.46. The number of fused-ring (bicyclic) bond motifs is 2. The van der Waals surface area contributed by atoms with Crippen molar-refractivity contribution in [1.82, 2.24) is 0 Å². The van der Waals surface area contributed by atoms with E-state index < -0.39 is 83.5 Å². The third-order valence-electron chi connectivity index (χ3n) is 11.1. The molecule has 0 saturated carbocycles. The van der Waals surface area contributed by atoms with Gasteiger partial charge >= 0.3 is 11.3 Å². The van der Waals surface area contributed by atoms with Gasteiger partial charge in [-0.1, -0.05) is 12.2 Å². The molecular formula is C44H54N2O16. The first-order valence-corrected chi connectivity index (χ1v) is 20.1. The van der Waals surface area contributed by atoms with Gasteiger partial charge in [-0.05, 0) is 90.8 Å². The highest BCUT2D eigenvalue weighted by Gasteiger charge is 2.51. The normalized spacial score (nSPS) is 25.8. The zero-order chi connectivity index (χ0) is 45.3.